The van der Waals surface area contributed by atoms with Gasteiger partial charge in [0.2, 0.25) is 11.8 Å². The van der Waals surface area contributed by atoms with Crippen molar-refractivity contribution in [2.24, 2.45) is 16.9 Å². The number of nitrogens with one attached hydrogen (secondary N) is 2. The molecule has 10 nitrogen and oxygen atoms in total. The van der Waals surface area contributed by atoms with Crippen molar-refractivity contribution in [1.82, 2.24) is 5.32 Å². The number of carboxylic acids is 1. The summed E-state index contributed by atoms with van der Waals surface area (Å²) in [6.45, 7) is 3.56. The molecule has 2 aromatic rings. The van der Waals surface area contributed by atoms with Gasteiger partial charge in [0, 0.05) is 10.4 Å². The smallest absolute Gasteiger partial charge is 0.353 e. The van der Waals surface area contributed by atoms with Crippen molar-refractivity contribution in [3.8, 4) is 5.75 Å². The van der Waals surface area contributed by atoms with Crippen molar-refractivity contribution in [2.45, 2.75) is 45.6 Å². The summed E-state index contributed by atoms with van der Waals surface area (Å²) in [5.41, 5.74) is 9.56. The lowest BCUT2D eigenvalue weighted by atomic mass is 9.77. The number of aliphatic carboxylic acids is 1. The fourth-order valence-electron chi connectivity index (χ4n) is 3.43. The molecule has 1 aromatic carbocycles. The molecule has 1 heterocycles. The number of thiophene rings is 1. The van der Waals surface area contributed by atoms with Gasteiger partial charge in [0.15, 0.2) is 11.6 Å². The molecule has 7 N–H and O–H groups in total. The number of primary amides is 1. The van der Waals surface area contributed by atoms with Crippen LogP contribution in [0.5, 0.6) is 5.75 Å². The highest BCUT2D eigenvalue weighted by molar-refractivity contribution is 7.14. The third-order valence-corrected chi connectivity index (χ3v) is 6.73. The van der Waals surface area contributed by atoms with Crippen LogP contribution in [0.15, 0.2) is 30.3 Å². The van der Waals surface area contributed by atoms with Gasteiger partial charge < -0.3 is 26.6 Å². The Kier molecular flexibility index (Phi) is 11.0. The fourth-order valence-corrected chi connectivity index (χ4v) is 4.46. The number of rotatable bonds is 12. The molecule has 0 bridgehead atoms. The Bertz CT molecular complexity index is 1150. The number of benzene rings is 1. The predicted octanol–water partition coefficient (Wildman–Crippen LogP) is 2.61. The van der Waals surface area contributed by atoms with E-state index in [9.17, 15) is 28.7 Å². The second-order valence-corrected chi connectivity index (χ2v) is 9.08. The van der Waals surface area contributed by atoms with Crippen LogP contribution in [0.4, 0.5) is 4.39 Å². The molecule has 2 rings (SSSR count). The molecular formula is C23H28ClFN4O6S. The van der Waals surface area contributed by atoms with Gasteiger partial charge in [-0.05, 0) is 49.6 Å². The SMILES string of the molecule is CCC(CC)(Cc1ccc(C(=O)Oc2ccc(C(=N)N)cc2F)s1)C(=O)N[C@@H](CC(N)=O)C(=O)O.Cl. The molecule has 0 fully saturated rings. The minimum absolute atomic E-state index is 0. The molecule has 0 unspecified atom stereocenters. The molecular weight excluding hydrogens is 515 g/mol. The standard InChI is InChI=1S/C23H27FN4O6S.ClH/c1-3-23(4-2,22(33)28-15(20(30)31)10-18(25)29)11-13-6-8-17(35-13)21(32)34-16-7-5-12(19(26)27)9-14(16)24;/h5-9,15H,3-4,10-11H2,1-2H3,(H2,25,29)(H3,26,27)(H,28,33)(H,30,31);1H/t15-;/m0./s1. The lowest BCUT2D eigenvalue weighted by molar-refractivity contribution is -0.145. The number of nitrogens with two attached hydrogens (primary N) is 2. The highest BCUT2D eigenvalue weighted by Gasteiger charge is 2.38. The summed E-state index contributed by atoms with van der Waals surface area (Å²) in [6.07, 6.45) is 0.394. The number of hydrogen-bond acceptors (Lipinski definition) is 7. The Morgan fingerprint density at radius 1 is 1.17 bits per heavy atom. The van der Waals surface area contributed by atoms with Crippen LogP contribution in [-0.2, 0) is 20.8 Å². The first-order valence-corrected chi connectivity index (χ1v) is 11.5. The predicted molar refractivity (Wildman–Crippen MR) is 134 cm³/mol. The first-order valence-electron chi connectivity index (χ1n) is 10.7. The summed E-state index contributed by atoms with van der Waals surface area (Å²) in [7, 11) is 0. The number of amides is 2. The maximum Gasteiger partial charge on any atom is 0.353 e. The second-order valence-electron chi connectivity index (χ2n) is 7.91. The van der Waals surface area contributed by atoms with E-state index in [1.54, 1.807) is 19.9 Å². The van der Waals surface area contributed by atoms with E-state index in [4.69, 9.17) is 21.6 Å². The lowest BCUT2D eigenvalue weighted by Crippen LogP contribution is -2.50. The number of esters is 1. The zero-order valence-corrected chi connectivity index (χ0v) is 21.3. The van der Waals surface area contributed by atoms with Crippen LogP contribution in [0.2, 0.25) is 0 Å². The van der Waals surface area contributed by atoms with E-state index in [1.165, 1.54) is 18.2 Å². The monoisotopic (exact) mass is 542 g/mol. The highest BCUT2D eigenvalue weighted by atomic mass is 35.5. The number of amidine groups is 1. The zero-order chi connectivity index (χ0) is 26.3. The molecule has 0 saturated carbocycles. The Labute approximate surface area is 217 Å². The van der Waals surface area contributed by atoms with Gasteiger partial charge in [-0.15, -0.1) is 23.7 Å². The Morgan fingerprint density at radius 3 is 2.31 bits per heavy atom. The topological polar surface area (TPSA) is 186 Å². The van der Waals surface area contributed by atoms with E-state index in [-0.39, 0.29) is 40.9 Å². The number of halogens is 2. The molecule has 0 spiro atoms. The zero-order valence-electron chi connectivity index (χ0n) is 19.6. The molecule has 36 heavy (non-hydrogen) atoms. The molecule has 0 radical (unpaired) electrons. The lowest BCUT2D eigenvalue weighted by Gasteiger charge is -2.31. The van der Waals surface area contributed by atoms with Gasteiger partial charge in [-0.2, -0.15) is 0 Å². The summed E-state index contributed by atoms with van der Waals surface area (Å²) in [5, 5.41) is 19.0. The third kappa shape index (κ3) is 7.49. The molecule has 196 valence electrons. The summed E-state index contributed by atoms with van der Waals surface area (Å²) >= 11 is 1.06. The van der Waals surface area contributed by atoms with Crippen LogP contribution < -0.4 is 21.5 Å². The van der Waals surface area contributed by atoms with Crippen molar-refractivity contribution in [3.63, 3.8) is 0 Å². The summed E-state index contributed by atoms with van der Waals surface area (Å²) in [5.74, 6) is -5.06. The normalized spacial score (nSPS) is 11.6. The van der Waals surface area contributed by atoms with Crippen molar-refractivity contribution in [2.75, 3.05) is 0 Å². The van der Waals surface area contributed by atoms with E-state index in [0.29, 0.717) is 17.7 Å². The second kappa shape index (κ2) is 13.0. The van der Waals surface area contributed by atoms with Crippen molar-refractivity contribution >= 4 is 53.3 Å². The first kappa shape index (κ1) is 30.5. The van der Waals surface area contributed by atoms with E-state index >= 15 is 0 Å². The average Bonchev–Trinajstić information content (AvgIpc) is 3.26. The van der Waals surface area contributed by atoms with Crippen LogP contribution >= 0.6 is 23.7 Å². The first-order chi connectivity index (χ1) is 16.4. The number of hydrogen-bond donors (Lipinski definition) is 5. The minimum atomic E-state index is -1.45. The van der Waals surface area contributed by atoms with Crippen molar-refractivity contribution < 1.29 is 33.4 Å². The van der Waals surface area contributed by atoms with Gasteiger partial charge >= 0.3 is 11.9 Å². The molecule has 13 heteroatoms. The molecule has 0 aliphatic rings. The third-order valence-electron chi connectivity index (χ3n) is 5.66. The Hall–Kier alpha value is -3.51. The van der Waals surface area contributed by atoms with E-state index in [1.807, 2.05) is 0 Å². The quantitative estimate of drug-likeness (QED) is 0.118. The van der Waals surface area contributed by atoms with E-state index < -0.39 is 47.4 Å². The van der Waals surface area contributed by atoms with Gasteiger partial charge in [0.05, 0.1) is 11.8 Å². The van der Waals surface area contributed by atoms with Crippen LogP contribution in [0.1, 0.15) is 53.2 Å². The molecule has 0 aliphatic carbocycles. The summed E-state index contributed by atoms with van der Waals surface area (Å²) in [4.78, 5) is 49.0. The van der Waals surface area contributed by atoms with Gasteiger partial charge in [0.25, 0.3) is 0 Å². The number of ether oxygens (including phenoxy) is 1. The van der Waals surface area contributed by atoms with Crippen LogP contribution in [0, 0.1) is 16.6 Å². The minimum Gasteiger partial charge on any atom is -0.480 e. The van der Waals surface area contributed by atoms with Crippen molar-refractivity contribution in [3.05, 3.63) is 51.5 Å². The summed E-state index contributed by atoms with van der Waals surface area (Å²) < 4.78 is 19.3. The van der Waals surface area contributed by atoms with Gasteiger partial charge in [-0.3, -0.25) is 15.0 Å². The Balaban J connectivity index is 0.00000648. The number of nitrogen functional groups attached to an aromatic ring is 1. The van der Waals surface area contributed by atoms with Gasteiger partial charge in [-0.1, -0.05) is 13.8 Å². The summed E-state index contributed by atoms with van der Waals surface area (Å²) in [6, 6.07) is 5.23. The average molecular weight is 543 g/mol. The van der Waals surface area contributed by atoms with Gasteiger partial charge in [0.1, 0.15) is 16.8 Å². The molecule has 2 amide bonds. The largest absolute Gasteiger partial charge is 0.480 e. The van der Waals surface area contributed by atoms with Gasteiger partial charge in [-0.25, -0.2) is 14.0 Å². The molecule has 0 saturated heterocycles. The highest BCUT2D eigenvalue weighted by Crippen LogP contribution is 2.34. The number of carbonyl (C=O) groups excluding carboxylic acids is 3. The van der Waals surface area contributed by atoms with Crippen LogP contribution in [0.3, 0.4) is 0 Å². The van der Waals surface area contributed by atoms with Crippen molar-refractivity contribution in [1.29, 1.82) is 5.41 Å². The molecule has 1 atom stereocenters. The number of carboxylic acid groups (broad SMARTS) is 1. The molecule has 1 aromatic heterocycles. The van der Waals surface area contributed by atoms with Crippen LogP contribution in [-0.4, -0.2) is 40.7 Å². The van der Waals surface area contributed by atoms with E-state index in [0.717, 1.165) is 17.4 Å². The molecule has 0 aliphatic heterocycles. The maximum atomic E-state index is 14.2. The van der Waals surface area contributed by atoms with Crippen LogP contribution in [0.25, 0.3) is 0 Å². The number of carbonyl (C=O) groups is 4. The Morgan fingerprint density at radius 2 is 1.81 bits per heavy atom. The van der Waals surface area contributed by atoms with E-state index in [2.05, 4.69) is 5.32 Å². The fraction of sp³-hybridized carbons (Fsp3) is 0.348. The maximum absolute atomic E-state index is 14.2.